The largest absolute Gasteiger partial charge is 0.495 e. The number of methoxy groups -OCH3 is 1. The number of para-hydroxylation sites is 4. The van der Waals surface area contributed by atoms with Crippen molar-refractivity contribution in [3.05, 3.63) is 102 Å². The van der Waals surface area contributed by atoms with Gasteiger partial charge in [-0.15, -0.1) is 0 Å². The number of amides is 1. The Balaban J connectivity index is 1.63. The number of rotatable bonds is 4. The van der Waals surface area contributed by atoms with Gasteiger partial charge in [0, 0.05) is 17.4 Å². The maximum absolute atomic E-state index is 13.5. The lowest BCUT2D eigenvalue weighted by molar-refractivity contribution is 0.0974. The van der Waals surface area contributed by atoms with E-state index < -0.39 is 6.17 Å². The zero-order valence-corrected chi connectivity index (χ0v) is 16.4. The second kappa shape index (κ2) is 7.40. The molecule has 0 bridgehead atoms. The molecule has 148 valence electrons. The Morgan fingerprint density at radius 2 is 1.67 bits per heavy atom. The van der Waals surface area contributed by atoms with E-state index in [0.29, 0.717) is 17.0 Å². The first-order valence-electron chi connectivity index (χ1n) is 9.68. The lowest BCUT2D eigenvalue weighted by Crippen LogP contribution is -2.43. The number of benzene rings is 3. The van der Waals surface area contributed by atoms with Crippen LogP contribution >= 0.6 is 0 Å². The van der Waals surface area contributed by atoms with Crippen LogP contribution in [0.4, 0.5) is 11.4 Å². The van der Waals surface area contributed by atoms with Gasteiger partial charge in [0.1, 0.15) is 11.9 Å². The zero-order chi connectivity index (χ0) is 20.5. The van der Waals surface area contributed by atoms with Crippen LogP contribution in [-0.4, -0.2) is 22.8 Å². The molecule has 1 aliphatic heterocycles. The van der Waals surface area contributed by atoms with E-state index >= 15 is 0 Å². The minimum absolute atomic E-state index is 0.0914. The van der Waals surface area contributed by atoms with Gasteiger partial charge in [0.15, 0.2) is 0 Å². The highest BCUT2D eigenvalue weighted by Gasteiger charge is 2.36. The van der Waals surface area contributed by atoms with Crippen molar-refractivity contribution in [2.24, 2.45) is 0 Å². The highest BCUT2D eigenvalue weighted by Crippen LogP contribution is 2.40. The molecule has 0 spiro atoms. The molecular formula is C24H20N4O2. The van der Waals surface area contributed by atoms with Gasteiger partial charge < -0.3 is 10.1 Å². The number of ether oxygens (including phenoxy) is 1. The van der Waals surface area contributed by atoms with Crippen LogP contribution in [0.3, 0.4) is 0 Å². The Kier molecular flexibility index (Phi) is 4.44. The van der Waals surface area contributed by atoms with Gasteiger partial charge in [0.2, 0.25) is 0 Å². The Bertz CT molecular complexity index is 1200. The first-order chi connectivity index (χ1) is 14.8. The van der Waals surface area contributed by atoms with E-state index in [1.165, 1.54) is 0 Å². The number of anilines is 2. The Morgan fingerprint density at radius 1 is 0.933 bits per heavy atom. The molecule has 0 saturated carbocycles. The summed E-state index contributed by atoms with van der Waals surface area (Å²) in [5.74, 6) is 0.541. The van der Waals surface area contributed by atoms with Gasteiger partial charge >= 0.3 is 0 Å². The van der Waals surface area contributed by atoms with Crippen molar-refractivity contribution in [2.45, 2.75) is 6.17 Å². The molecule has 0 aliphatic carbocycles. The lowest BCUT2D eigenvalue weighted by atomic mass is 10.0. The van der Waals surface area contributed by atoms with Crippen LogP contribution in [-0.2, 0) is 0 Å². The number of fused-ring (bicyclic) bond motifs is 1. The molecule has 1 amide bonds. The van der Waals surface area contributed by atoms with Crippen LogP contribution in [0.5, 0.6) is 5.75 Å². The van der Waals surface area contributed by atoms with E-state index in [1.54, 1.807) is 18.2 Å². The summed E-state index contributed by atoms with van der Waals surface area (Å²) >= 11 is 0. The Labute approximate surface area is 174 Å². The smallest absolute Gasteiger partial charge is 0.262 e. The predicted octanol–water partition coefficient (Wildman–Crippen LogP) is 4.65. The van der Waals surface area contributed by atoms with Crippen LogP contribution in [0.1, 0.15) is 22.1 Å². The second-order valence-corrected chi connectivity index (χ2v) is 6.99. The monoisotopic (exact) mass is 396 g/mol. The minimum atomic E-state index is -0.429. The van der Waals surface area contributed by atoms with E-state index in [9.17, 15) is 4.79 Å². The average molecular weight is 396 g/mol. The number of carbonyl (C=O) groups excluding carboxylic acids is 1. The molecule has 30 heavy (non-hydrogen) atoms. The maximum Gasteiger partial charge on any atom is 0.262 e. The molecule has 2 heterocycles. The SMILES string of the molecule is COc1ccccc1N1C(=O)c2ccccc2N[C@@H]1c1cnn(-c2ccccc2)c1. The third kappa shape index (κ3) is 2.99. The third-order valence-corrected chi connectivity index (χ3v) is 5.21. The van der Waals surface area contributed by atoms with Crippen LogP contribution < -0.4 is 15.0 Å². The molecule has 0 fully saturated rings. The van der Waals surface area contributed by atoms with E-state index in [0.717, 1.165) is 16.9 Å². The summed E-state index contributed by atoms with van der Waals surface area (Å²) in [5, 5.41) is 8.03. The number of carbonyl (C=O) groups is 1. The zero-order valence-electron chi connectivity index (χ0n) is 16.4. The van der Waals surface area contributed by atoms with Crippen molar-refractivity contribution >= 4 is 17.3 Å². The molecule has 0 radical (unpaired) electrons. The number of nitrogens with one attached hydrogen (secondary N) is 1. The van der Waals surface area contributed by atoms with Gasteiger partial charge in [0.05, 0.1) is 30.2 Å². The molecule has 5 rings (SSSR count). The summed E-state index contributed by atoms with van der Waals surface area (Å²) in [6, 6.07) is 25.0. The van der Waals surface area contributed by atoms with E-state index in [4.69, 9.17) is 4.74 Å². The fourth-order valence-electron chi connectivity index (χ4n) is 3.76. The predicted molar refractivity (Wildman–Crippen MR) is 116 cm³/mol. The average Bonchev–Trinajstić information content (AvgIpc) is 3.30. The van der Waals surface area contributed by atoms with Gasteiger partial charge in [-0.2, -0.15) is 5.10 Å². The first kappa shape index (κ1) is 18.0. The Morgan fingerprint density at radius 3 is 2.50 bits per heavy atom. The fourth-order valence-corrected chi connectivity index (χ4v) is 3.76. The topological polar surface area (TPSA) is 59.4 Å². The highest BCUT2D eigenvalue weighted by atomic mass is 16.5. The maximum atomic E-state index is 13.5. The standard InChI is InChI=1S/C24H20N4O2/c1-30-22-14-8-7-13-21(22)28-23(26-20-12-6-5-11-19(20)24(28)29)17-15-25-27(16-17)18-9-3-2-4-10-18/h2-16,23,26H,1H3/t23-/m0/s1. The quantitative estimate of drug-likeness (QED) is 0.545. The Hall–Kier alpha value is -4.06. The van der Waals surface area contributed by atoms with Crippen LogP contribution in [0.25, 0.3) is 5.69 Å². The van der Waals surface area contributed by atoms with Crippen molar-refractivity contribution in [3.63, 3.8) is 0 Å². The molecular weight excluding hydrogens is 376 g/mol. The molecule has 3 aromatic carbocycles. The molecule has 4 aromatic rings. The summed E-state index contributed by atoms with van der Waals surface area (Å²) in [4.78, 5) is 15.3. The van der Waals surface area contributed by atoms with Gasteiger partial charge in [-0.05, 0) is 36.4 Å². The number of hydrogen-bond acceptors (Lipinski definition) is 4. The van der Waals surface area contributed by atoms with E-state index in [-0.39, 0.29) is 5.91 Å². The number of nitrogens with zero attached hydrogens (tertiary/aromatic N) is 3. The summed E-state index contributed by atoms with van der Waals surface area (Å²) in [6.07, 6.45) is 3.30. The van der Waals surface area contributed by atoms with Crippen LogP contribution in [0.15, 0.2) is 91.3 Å². The molecule has 1 N–H and O–H groups in total. The number of aromatic nitrogens is 2. The molecule has 1 aromatic heterocycles. The first-order valence-corrected chi connectivity index (χ1v) is 9.68. The van der Waals surface area contributed by atoms with Gasteiger partial charge in [-0.1, -0.05) is 42.5 Å². The van der Waals surface area contributed by atoms with Crippen molar-refractivity contribution in [1.29, 1.82) is 0 Å². The normalized spacial score (nSPS) is 15.4. The second-order valence-electron chi connectivity index (χ2n) is 6.99. The third-order valence-electron chi connectivity index (χ3n) is 5.21. The summed E-state index contributed by atoms with van der Waals surface area (Å²) < 4.78 is 7.36. The van der Waals surface area contributed by atoms with Crippen LogP contribution in [0.2, 0.25) is 0 Å². The number of hydrogen-bond donors (Lipinski definition) is 1. The van der Waals surface area contributed by atoms with E-state index in [2.05, 4.69) is 10.4 Å². The van der Waals surface area contributed by atoms with Crippen molar-refractivity contribution < 1.29 is 9.53 Å². The van der Waals surface area contributed by atoms with Gasteiger partial charge in [-0.25, -0.2) is 4.68 Å². The van der Waals surface area contributed by atoms with Crippen molar-refractivity contribution in [1.82, 2.24) is 9.78 Å². The van der Waals surface area contributed by atoms with Crippen molar-refractivity contribution in [3.8, 4) is 11.4 Å². The molecule has 1 atom stereocenters. The molecule has 6 nitrogen and oxygen atoms in total. The molecule has 1 aliphatic rings. The van der Waals surface area contributed by atoms with E-state index in [1.807, 2.05) is 89.7 Å². The van der Waals surface area contributed by atoms with Crippen LogP contribution in [0, 0.1) is 0 Å². The lowest BCUT2D eigenvalue weighted by Gasteiger charge is -2.37. The molecule has 6 heteroatoms. The summed E-state index contributed by atoms with van der Waals surface area (Å²) in [6.45, 7) is 0. The summed E-state index contributed by atoms with van der Waals surface area (Å²) in [7, 11) is 1.61. The fraction of sp³-hybridized carbons (Fsp3) is 0.0833. The molecule has 0 unspecified atom stereocenters. The van der Waals surface area contributed by atoms with Gasteiger partial charge in [0.25, 0.3) is 5.91 Å². The summed E-state index contributed by atoms with van der Waals surface area (Å²) in [5.41, 5.74) is 3.94. The molecule has 0 saturated heterocycles. The minimum Gasteiger partial charge on any atom is -0.495 e. The van der Waals surface area contributed by atoms with Gasteiger partial charge in [-0.3, -0.25) is 9.69 Å². The van der Waals surface area contributed by atoms with Crippen molar-refractivity contribution in [2.75, 3.05) is 17.3 Å². The highest BCUT2D eigenvalue weighted by molar-refractivity contribution is 6.12.